The molecule has 5 nitrogen and oxygen atoms in total. The van der Waals surface area contributed by atoms with Crippen molar-refractivity contribution in [3.63, 3.8) is 0 Å². The van der Waals surface area contributed by atoms with Gasteiger partial charge < -0.3 is 10.1 Å². The van der Waals surface area contributed by atoms with Crippen LogP contribution in [0.3, 0.4) is 0 Å². The molecule has 1 N–H and O–H groups in total. The van der Waals surface area contributed by atoms with E-state index in [0.717, 1.165) is 39.0 Å². The summed E-state index contributed by atoms with van der Waals surface area (Å²) < 4.78 is 5.18. The predicted molar refractivity (Wildman–Crippen MR) is 103 cm³/mol. The first-order valence-corrected chi connectivity index (χ1v) is 9.63. The number of rotatable bonds is 6. The summed E-state index contributed by atoms with van der Waals surface area (Å²) in [7, 11) is 1.64. The minimum atomic E-state index is -0.0945. The first-order valence-electron chi connectivity index (χ1n) is 7.94. The van der Waals surface area contributed by atoms with Gasteiger partial charge in [0.2, 0.25) is 5.91 Å². The Morgan fingerprint density at radius 1 is 1.24 bits per heavy atom. The highest BCUT2D eigenvalue weighted by atomic mass is 32.1. The van der Waals surface area contributed by atoms with E-state index >= 15 is 0 Å². The minimum absolute atomic E-state index is 0.0945. The van der Waals surface area contributed by atoms with Crippen molar-refractivity contribution in [2.45, 2.75) is 26.7 Å². The highest BCUT2D eigenvalue weighted by Crippen LogP contribution is 2.31. The second kappa shape index (κ2) is 7.76. The van der Waals surface area contributed by atoms with E-state index in [-0.39, 0.29) is 12.3 Å². The minimum Gasteiger partial charge on any atom is -0.497 e. The molecule has 0 saturated carbocycles. The molecule has 25 heavy (non-hydrogen) atoms. The van der Waals surface area contributed by atoms with Crippen molar-refractivity contribution >= 4 is 33.7 Å². The molecule has 0 aliphatic heterocycles. The molecule has 2 aromatic heterocycles. The number of anilines is 1. The van der Waals surface area contributed by atoms with Crippen LogP contribution in [0.4, 0.5) is 5.13 Å². The van der Waals surface area contributed by atoms with Crippen LogP contribution in [-0.2, 0) is 17.6 Å². The van der Waals surface area contributed by atoms with Crippen LogP contribution in [0.2, 0.25) is 0 Å². The average molecular weight is 374 g/mol. The third-order valence-electron chi connectivity index (χ3n) is 3.65. The fraction of sp³-hybridized carbons (Fsp3) is 0.278. The molecule has 1 aromatic carbocycles. The number of nitrogens with one attached hydrogen (secondary N) is 1. The number of ether oxygens (including phenoxy) is 1. The maximum atomic E-state index is 12.2. The number of hydrogen-bond donors (Lipinski definition) is 1. The van der Waals surface area contributed by atoms with Gasteiger partial charge in [0, 0.05) is 15.8 Å². The Kier molecular flexibility index (Phi) is 5.45. The molecule has 130 valence electrons. The van der Waals surface area contributed by atoms with E-state index in [1.807, 2.05) is 36.6 Å². The first kappa shape index (κ1) is 17.6. The number of thiazole rings is 2. The van der Waals surface area contributed by atoms with Crippen LogP contribution in [-0.4, -0.2) is 23.0 Å². The topological polar surface area (TPSA) is 64.1 Å². The number of aromatic nitrogens is 2. The molecule has 0 aliphatic rings. The molecule has 0 aliphatic carbocycles. The molecule has 0 saturated heterocycles. The van der Waals surface area contributed by atoms with Crippen LogP contribution in [0.1, 0.15) is 22.5 Å². The molecular weight excluding hydrogens is 354 g/mol. The van der Waals surface area contributed by atoms with Gasteiger partial charge in [0.25, 0.3) is 0 Å². The maximum Gasteiger partial charge on any atom is 0.232 e. The van der Waals surface area contributed by atoms with Gasteiger partial charge in [0.05, 0.1) is 29.9 Å². The van der Waals surface area contributed by atoms with Gasteiger partial charge in [-0.05, 0) is 37.6 Å². The Bertz CT molecular complexity index is 869. The molecule has 7 heteroatoms. The Labute approximate surface area is 154 Å². The molecule has 0 unspecified atom stereocenters. The molecule has 3 aromatic rings. The Balaban J connectivity index is 1.69. The lowest BCUT2D eigenvalue weighted by Gasteiger charge is -2.02. The molecule has 0 atom stereocenters. The van der Waals surface area contributed by atoms with E-state index in [4.69, 9.17) is 4.74 Å². The number of aryl methyl sites for hydroxylation is 2. The SMILES string of the molecule is CCc1nc(CC(=O)Nc2nc(-c3ccc(OC)cc3)c(C)s2)cs1. The van der Waals surface area contributed by atoms with Gasteiger partial charge in [-0.2, -0.15) is 0 Å². The summed E-state index contributed by atoms with van der Waals surface area (Å²) >= 11 is 3.07. The number of methoxy groups -OCH3 is 1. The summed E-state index contributed by atoms with van der Waals surface area (Å²) in [6.07, 6.45) is 1.16. The summed E-state index contributed by atoms with van der Waals surface area (Å²) in [5.74, 6) is 0.711. The lowest BCUT2D eigenvalue weighted by Crippen LogP contribution is -2.14. The number of amides is 1. The molecule has 3 rings (SSSR count). The summed E-state index contributed by atoms with van der Waals surface area (Å²) in [5.41, 5.74) is 2.69. The van der Waals surface area contributed by atoms with Crippen LogP contribution in [0, 0.1) is 6.92 Å². The van der Waals surface area contributed by atoms with E-state index < -0.39 is 0 Å². The van der Waals surface area contributed by atoms with Crippen molar-refractivity contribution in [2.24, 2.45) is 0 Å². The zero-order chi connectivity index (χ0) is 17.8. The van der Waals surface area contributed by atoms with Crippen molar-refractivity contribution in [3.05, 3.63) is 45.2 Å². The average Bonchev–Trinajstić information content (AvgIpc) is 3.21. The zero-order valence-electron chi connectivity index (χ0n) is 14.3. The van der Waals surface area contributed by atoms with Crippen LogP contribution in [0.15, 0.2) is 29.6 Å². The second-order valence-corrected chi connectivity index (χ2v) is 7.61. The quantitative estimate of drug-likeness (QED) is 0.699. The van der Waals surface area contributed by atoms with Gasteiger partial charge in [-0.1, -0.05) is 6.92 Å². The molecule has 0 radical (unpaired) electrons. The monoisotopic (exact) mass is 373 g/mol. The van der Waals surface area contributed by atoms with E-state index in [1.54, 1.807) is 18.4 Å². The smallest absolute Gasteiger partial charge is 0.232 e. The molecule has 0 spiro atoms. The van der Waals surface area contributed by atoms with E-state index in [1.165, 1.54) is 11.3 Å². The van der Waals surface area contributed by atoms with Crippen molar-refractivity contribution < 1.29 is 9.53 Å². The Hall–Kier alpha value is -2.25. The van der Waals surface area contributed by atoms with Crippen molar-refractivity contribution in [1.29, 1.82) is 0 Å². The van der Waals surface area contributed by atoms with Crippen molar-refractivity contribution in [3.8, 4) is 17.0 Å². The van der Waals surface area contributed by atoms with Gasteiger partial charge in [-0.25, -0.2) is 9.97 Å². The highest BCUT2D eigenvalue weighted by Gasteiger charge is 2.13. The third-order valence-corrected chi connectivity index (χ3v) is 5.58. The number of benzene rings is 1. The molecule has 2 heterocycles. The fourth-order valence-electron chi connectivity index (χ4n) is 2.39. The van der Waals surface area contributed by atoms with Crippen LogP contribution < -0.4 is 10.1 Å². The van der Waals surface area contributed by atoms with Gasteiger partial charge in [0.15, 0.2) is 5.13 Å². The van der Waals surface area contributed by atoms with Crippen LogP contribution in [0.5, 0.6) is 5.75 Å². The maximum absolute atomic E-state index is 12.2. The van der Waals surface area contributed by atoms with E-state index in [9.17, 15) is 4.79 Å². The molecular formula is C18H19N3O2S2. The van der Waals surface area contributed by atoms with E-state index in [0.29, 0.717) is 5.13 Å². The fourth-order valence-corrected chi connectivity index (χ4v) is 3.98. The summed E-state index contributed by atoms with van der Waals surface area (Å²) in [6, 6.07) is 7.74. The zero-order valence-corrected chi connectivity index (χ0v) is 16.0. The number of carbonyl (C=O) groups excluding carboxylic acids is 1. The first-order chi connectivity index (χ1) is 12.1. The molecule has 1 amide bonds. The lowest BCUT2D eigenvalue weighted by molar-refractivity contribution is -0.115. The molecule has 0 bridgehead atoms. The lowest BCUT2D eigenvalue weighted by atomic mass is 10.1. The molecule has 0 fully saturated rings. The van der Waals surface area contributed by atoms with Gasteiger partial charge in [0.1, 0.15) is 5.75 Å². The largest absolute Gasteiger partial charge is 0.497 e. The standard InChI is InChI=1S/C18H19N3O2S2/c1-4-16-19-13(10-24-16)9-15(22)20-18-21-17(11(2)25-18)12-5-7-14(23-3)8-6-12/h5-8,10H,4,9H2,1-3H3,(H,20,21,22). The highest BCUT2D eigenvalue weighted by molar-refractivity contribution is 7.16. The normalized spacial score (nSPS) is 10.7. The van der Waals surface area contributed by atoms with Crippen LogP contribution >= 0.6 is 22.7 Å². The third kappa shape index (κ3) is 4.24. The summed E-state index contributed by atoms with van der Waals surface area (Å²) in [6.45, 7) is 4.06. The summed E-state index contributed by atoms with van der Waals surface area (Å²) in [5, 5.41) is 6.48. The number of hydrogen-bond acceptors (Lipinski definition) is 6. The Morgan fingerprint density at radius 2 is 2.00 bits per heavy atom. The number of carbonyl (C=O) groups is 1. The predicted octanol–water partition coefficient (Wildman–Crippen LogP) is 4.33. The van der Waals surface area contributed by atoms with Crippen LogP contribution in [0.25, 0.3) is 11.3 Å². The van der Waals surface area contributed by atoms with E-state index in [2.05, 4.69) is 22.2 Å². The van der Waals surface area contributed by atoms with Crippen molar-refractivity contribution in [1.82, 2.24) is 9.97 Å². The van der Waals surface area contributed by atoms with Gasteiger partial charge >= 0.3 is 0 Å². The number of nitrogens with zero attached hydrogens (tertiary/aromatic N) is 2. The summed E-state index contributed by atoms with van der Waals surface area (Å²) in [4.78, 5) is 22.3. The van der Waals surface area contributed by atoms with Gasteiger partial charge in [-0.3, -0.25) is 4.79 Å². The Morgan fingerprint density at radius 3 is 2.64 bits per heavy atom. The van der Waals surface area contributed by atoms with Gasteiger partial charge in [-0.15, -0.1) is 22.7 Å². The second-order valence-electron chi connectivity index (χ2n) is 5.46. The van der Waals surface area contributed by atoms with Crippen molar-refractivity contribution in [2.75, 3.05) is 12.4 Å².